The van der Waals surface area contributed by atoms with Crippen molar-refractivity contribution >= 4 is 13.8 Å². The van der Waals surface area contributed by atoms with Crippen molar-refractivity contribution < 1.29 is 33.5 Å². The van der Waals surface area contributed by atoms with Crippen LogP contribution in [0.15, 0.2) is 48.5 Å². The molecule has 206 valence electrons. The van der Waals surface area contributed by atoms with Crippen LogP contribution in [0.5, 0.6) is 11.5 Å². The first-order chi connectivity index (χ1) is 16.8. The van der Waals surface area contributed by atoms with Crippen molar-refractivity contribution in [2.75, 3.05) is 0 Å². The van der Waals surface area contributed by atoms with Crippen molar-refractivity contribution in [2.45, 2.75) is 59.0 Å². The number of fused-ring (bicyclic) bond motifs is 1. The van der Waals surface area contributed by atoms with E-state index in [-0.39, 0.29) is 35.6 Å². The maximum atomic E-state index is 13.3. The molecular formula is C28H37N2O7P. The Morgan fingerprint density at radius 3 is 1.95 bits per heavy atom. The number of phenolic OH excluding ortho intramolecular Hbond substituents is 1. The number of ether oxygens (including phenoxy) is 1. The van der Waals surface area contributed by atoms with Crippen molar-refractivity contribution in [1.82, 2.24) is 12.3 Å². The van der Waals surface area contributed by atoms with E-state index < -0.39 is 19.4 Å². The lowest BCUT2D eigenvalue weighted by Crippen LogP contribution is -2.33. The van der Waals surface area contributed by atoms with Crippen LogP contribution in [0.3, 0.4) is 0 Å². The van der Waals surface area contributed by atoms with Crippen LogP contribution in [0.4, 0.5) is 0 Å². The molecule has 10 heteroatoms. The Labute approximate surface area is 223 Å². The summed E-state index contributed by atoms with van der Waals surface area (Å²) in [6.45, 7) is 11.3. The second-order valence-corrected chi connectivity index (χ2v) is 11.0. The molecule has 0 fully saturated rings. The molecule has 4 rings (SSSR count). The third-order valence-corrected chi connectivity index (χ3v) is 7.12. The summed E-state index contributed by atoms with van der Waals surface area (Å²) in [5.74, 6) is -0.574. The van der Waals surface area contributed by atoms with E-state index in [1.54, 1.807) is 38.1 Å². The number of aromatic hydroxyl groups is 1. The van der Waals surface area contributed by atoms with E-state index in [1.807, 2.05) is 45.9 Å². The smallest absolute Gasteiger partial charge is 0.340 e. The highest BCUT2D eigenvalue weighted by atomic mass is 31.2. The van der Waals surface area contributed by atoms with Crippen LogP contribution < -0.4 is 26.6 Å². The maximum Gasteiger partial charge on any atom is 0.340 e. The van der Waals surface area contributed by atoms with Crippen molar-refractivity contribution in [3.05, 3.63) is 93.0 Å². The first-order valence-electron chi connectivity index (χ1n) is 11.8. The van der Waals surface area contributed by atoms with E-state index >= 15 is 0 Å². The van der Waals surface area contributed by atoms with Gasteiger partial charge in [-0.1, -0.05) is 45.9 Å². The highest BCUT2D eigenvalue weighted by Gasteiger charge is 2.51. The van der Waals surface area contributed by atoms with Gasteiger partial charge in [-0.3, -0.25) is 0 Å². The number of hydrogen-bond acceptors (Lipinski definition) is 7. The average Bonchev–Trinajstić information content (AvgIpc) is 3.08. The number of aryl methyl sites for hydroxylation is 2. The minimum Gasteiger partial charge on any atom is -0.780 e. The highest BCUT2D eigenvalue weighted by Crippen LogP contribution is 2.53. The molecule has 3 aromatic rings. The summed E-state index contributed by atoms with van der Waals surface area (Å²) in [5, 5.41) is 10.5. The van der Waals surface area contributed by atoms with Crippen molar-refractivity contribution in [1.29, 1.82) is 0 Å². The van der Waals surface area contributed by atoms with E-state index in [2.05, 4.69) is 0 Å². The number of hydrogen-bond donors (Lipinski definition) is 3. The van der Waals surface area contributed by atoms with Crippen molar-refractivity contribution in [2.24, 2.45) is 0 Å². The van der Waals surface area contributed by atoms with Gasteiger partial charge in [0.25, 0.3) is 0 Å². The summed E-state index contributed by atoms with van der Waals surface area (Å²) in [4.78, 5) is 36.1. The summed E-state index contributed by atoms with van der Waals surface area (Å²) in [7, 11) is -5.29. The summed E-state index contributed by atoms with van der Waals surface area (Å²) in [5.41, 5.74) is 3.54. The number of rotatable bonds is 6. The molecule has 9 N–H and O–H groups in total. The van der Waals surface area contributed by atoms with Gasteiger partial charge in [0, 0.05) is 16.7 Å². The lowest BCUT2D eigenvalue weighted by atomic mass is 9.72. The molecule has 1 heterocycles. The third-order valence-electron chi connectivity index (χ3n) is 6.70. The number of carbonyl (C=O) groups is 1. The molecule has 38 heavy (non-hydrogen) atoms. The SMILES string of the molecule is Cc1cc(C2(c3cc(C)c(OP(=O)([O-])[O-])cc3C(C)C)OC(=O)c3ccccc32)c(C(C)C)cc1O.[NH4+].[NH4+]. The summed E-state index contributed by atoms with van der Waals surface area (Å²) in [6, 6.07) is 14.0. The minimum absolute atomic E-state index is 0. The molecular weight excluding hydrogens is 507 g/mol. The number of phenols is 1. The normalized spacial score (nSPS) is 16.5. The molecule has 3 aromatic carbocycles. The molecule has 0 bridgehead atoms. The molecule has 0 saturated heterocycles. The second-order valence-electron chi connectivity index (χ2n) is 9.90. The maximum absolute atomic E-state index is 13.3. The predicted octanol–water partition coefficient (Wildman–Crippen LogP) is 5.68. The quantitative estimate of drug-likeness (QED) is 0.262. The Morgan fingerprint density at radius 2 is 1.39 bits per heavy atom. The van der Waals surface area contributed by atoms with Gasteiger partial charge in [0.15, 0.2) is 5.60 Å². The van der Waals surface area contributed by atoms with Gasteiger partial charge in [-0.15, -0.1) is 0 Å². The first-order valence-corrected chi connectivity index (χ1v) is 13.3. The van der Waals surface area contributed by atoms with E-state index in [1.165, 1.54) is 6.07 Å². The number of cyclic esters (lactones) is 1. The van der Waals surface area contributed by atoms with E-state index in [9.17, 15) is 24.3 Å². The second kappa shape index (κ2) is 10.9. The van der Waals surface area contributed by atoms with Crippen LogP contribution in [0.25, 0.3) is 0 Å². The number of quaternary nitrogens is 2. The molecule has 1 atom stereocenters. The summed E-state index contributed by atoms with van der Waals surface area (Å²) >= 11 is 0. The van der Waals surface area contributed by atoms with Gasteiger partial charge >= 0.3 is 5.97 Å². The van der Waals surface area contributed by atoms with Crippen LogP contribution >= 0.6 is 7.82 Å². The minimum atomic E-state index is -5.29. The molecule has 0 spiro atoms. The Kier molecular flexibility index (Phi) is 8.89. The van der Waals surface area contributed by atoms with E-state index in [0.29, 0.717) is 38.9 Å². The highest BCUT2D eigenvalue weighted by molar-refractivity contribution is 7.43. The van der Waals surface area contributed by atoms with E-state index in [4.69, 9.17) is 9.26 Å². The Hall–Kier alpha value is -3.20. The van der Waals surface area contributed by atoms with Crippen LogP contribution in [0.2, 0.25) is 0 Å². The lowest BCUT2D eigenvalue weighted by molar-refractivity contribution is -0.333. The van der Waals surface area contributed by atoms with Gasteiger partial charge in [-0.25, -0.2) is 4.79 Å². The Bertz CT molecular complexity index is 1410. The Balaban J connectivity index is 0.00000253. The number of phosphoric acid groups is 1. The zero-order chi connectivity index (χ0) is 26.6. The molecule has 1 unspecified atom stereocenters. The fraction of sp³-hybridized carbons (Fsp3) is 0.321. The number of benzene rings is 3. The summed E-state index contributed by atoms with van der Waals surface area (Å²) < 4.78 is 22.5. The summed E-state index contributed by atoms with van der Waals surface area (Å²) in [6.07, 6.45) is 0. The molecule has 9 nitrogen and oxygen atoms in total. The van der Waals surface area contributed by atoms with Gasteiger partial charge < -0.3 is 41.0 Å². The van der Waals surface area contributed by atoms with Gasteiger partial charge in [0.2, 0.25) is 0 Å². The largest absolute Gasteiger partial charge is 0.780 e. The number of phosphoric ester groups is 1. The van der Waals surface area contributed by atoms with Gasteiger partial charge in [0.05, 0.1) is 5.56 Å². The zero-order valence-electron chi connectivity index (χ0n) is 23.1. The predicted molar refractivity (Wildman–Crippen MR) is 144 cm³/mol. The lowest BCUT2D eigenvalue weighted by Gasteiger charge is -2.37. The van der Waals surface area contributed by atoms with Crippen molar-refractivity contribution in [3.63, 3.8) is 0 Å². The molecule has 0 aliphatic carbocycles. The zero-order valence-corrected chi connectivity index (χ0v) is 24.0. The van der Waals surface area contributed by atoms with E-state index in [0.717, 1.165) is 5.56 Å². The number of esters is 1. The molecule has 0 aromatic heterocycles. The van der Waals surface area contributed by atoms with Crippen molar-refractivity contribution in [3.8, 4) is 11.5 Å². The molecule has 0 amide bonds. The third kappa shape index (κ3) is 5.21. The average molecular weight is 545 g/mol. The fourth-order valence-corrected chi connectivity index (χ4v) is 5.40. The molecule has 1 aliphatic heterocycles. The fourth-order valence-electron chi connectivity index (χ4n) is 4.96. The molecule has 1 aliphatic rings. The Morgan fingerprint density at radius 1 is 0.868 bits per heavy atom. The molecule has 0 radical (unpaired) electrons. The number of carbonyl (C=O) groups excluding carboxylic acids is 1. The van der Waals surface area contributed by atoms with Gasteiger partial charge in [-0.05, 0) is 78.3 Å². The standard InChI is InChI=1S/C28H31O7P.2H3N/c1-15(2)20-13-25(29)17(5)11-23(20)28(22-10-8-7-9-19(22)27(30)34-28)24-12-18(6)26(35-36(31,32)33)14-21(24)16(3)4;;/h7-16,29H,1-6H3,(H2,31,32,33);2*1H3. The van der Waals surface area contributed by atoms with Crippen LogP contribution in [0.1, 0.15) is 88.8 Å². The topological polar surface area (TPSA) is 192 Å². The van der Waals surface area contributed by atoms with Crippen LogP contribution in [-0.4, -0.2) is 11.1 Å². The van der Waals surface area contributed by atoms with Gasteiger partial charge in [-0.2, -0.15) is 0 Å². The van der Waals surface area contributed by atoms with Crippen LogP contribution in [-0.2, 0) is 14.9 Å². The van der Waals surface area contributed by atoms with Gasteiger partial charge in [0.1, 0.15) is 19.3 Å². The monoisotopic (exact) mass is 544 g/mol. The molecule has 0 saturated carbocycles. The van der Waals surface area contributed by atoms with Crippen LogP contribution in [0, 0.1) is 13.8 Å². The first kappa shape index (κ1) is 31.0.